The van der Waals surface area contributed by atoms with Crippen molar-refractivity contribution in [3.8, 4) is 5.75 Å². The van der Waals surface area contributed by atoms with E-state index in [-0.39, 0.29) is 0 Å². The number of aryl methyl sites for hydroxylation is 1. The van der Waals surface area contributed by atoms with Gasteiger partial charge in [0.2, 0.25) is 0 Å². The van der Waals surface area contributed by atoms with E-state index < -0.39 is 6.10 Å². The molecule has 0 bridgehead atoms. The van der Waals surface area contributed by atoms with Crippen molar-refractivity contribution in [2.75, 3.05) is 7.11 Å². The number of rotatable bonds is 3. The molecule has 0 spiro atoms. The summed E-state index contributed by atoms with van der Waals surface area (Å²) in [6.07, 6.45) is 5.93. The van der Waals surface area contributed by atoms with E-state index >= 15 is 0 Å². The Morgan fingerprint density at radius 2 is 2.06 bits per heavy atom. The lowest BCUT2D eigenvalue weighted by Crippen LogP contribution is -2.03. The van der Waals surface area contributed by atoms with Gasteiger partial charge in [0.25, 0.3) is 0 Å². The zero-order chi connectivity index (χ0) is 12.3. The smallest absolute Gasteiger partial charge is 0.137 e. The van der Waals surface area contributed by atoms with Crippen molar-refractivity contribution in [1.29, 1.82) is 0 Å². The topological polar surface area (TPSA) is 55.2 Å². The molecule has 4 nitrogen and oxygen atoms in total. The first-order valence-electron chi connectivity index (χ1n) is 5.30. The number of aromatic nitrogens is 2. The van der Waals surface area contributed by atoms with Crippen molar-refractivity contribution >= 4 is 0 Å². The lowest BCUT2D eigenvalue weighted by atomic mass is 10.0. The zero-order valence-electron chi connectivity index (χ0n) is 9.79. The SMILES string of the molecule is COc1cncc(C(O)c2ccncc2C)c1. The monoisotopic (exact) mass is 230 g/mol. The van der Waals surface area contributed by atoms with Gasteiger partial charge in [0.15, 0.2) is 0 Å². The molecule has 0 aliphatic heterocycles. The van der Waals surface area contributed by atoms with Crippen LogP contribution in [0.25, 0.3) is 0 Å². The molecule has 1 N–H and O–H groups in total. The quantitative estimate of drug-likeness (QED) is 0.874. The number of methoxy groups -OCH3 is 1. The van der Waals surface area contributed by atoms with E-state index in [4.69, 9.17) is 4.74 Å². The van der Waals surface area contributed by atoms with Gasteiger partial charge in [-0.2, -0.15) is 0 Å². The van der Waals surface area contributed by atoms with Gasteiger partial charge in [-0.1, -0.05) is 0 Å². The molecular weight excluding hydrogens is 216 g/mol. The minimum Gasteiger partial charge on any atom is -0.495 e. The number of nitrogens with zero attached hydrogens (tertiary/aromatic N) is 2. The Kier molecular flexibility index (Phi) is 3.35. The van der Waals surface area contributed by atoms with Crippen LogP contribution in [0.4, 0.5) is 0 Å². The summed E-state index contributed by atoms with van der Waals surface area (Å²) in [6.45, 7) is 1.92. The van der Waals surface area contributed by atoms with E-state index in [2.05, 4.69) is 9.97 Å². The molecule has 2 heterocycles. The molecule has 0 radical (unpaired) electrons. The van der Waals surface area contributed by atoms with Gasteiger partial charge in [0.05, 0.1) is 13.3 Å². The van der Waals surface area contributed by atoms with Crippen LogP contribution >= 0.6 is 0 Å². The summed E-state index contributed by atoms with van der Waals surface area (Å²) >= 11 is 0. The van der Waals surface area contributed by atoms with E-state index in [1.165, 1.54) is 0 Å². The van der Waals surface area contributed by atoms with Crippen molar-refractivity contribution in [2.24, 2.45) is 0 Å². The van der Waals surface area contributed by atoms with Crippen molar-refractivity contribution in [3.05, 3.63) is 53.6 Å². The lowest BCUT2D eigenvalue weighted by Gasteiger charge is -2.13. The minimum absolute atomic E-state index is 0.633. The number of aliphatic hydroxyl groups is 1. The van der Waals surface area contributed by atoms with E-state index in [0.29, 0.717) is 11.3 Å². The Labute approximate surface area is 99.9 Å². The average Bonchev–Trinajstić information content (AvgIpc) is 2.38. The molecule has 2 aromatic heterocycles. The van der Waals surface area contributed by atoms with Gasteiger partial charge in [-0.3, -0.25) is 9.97 Å². The van der Waals surface area contributed by atoms with Crippen LogP contribution in [-0.4, -0.2) is 22.2 Å². The summed E-state index contributed by atoms with van der Waals surface area (Å²) in [7, 11) is 1.57. The normalized spacial score (nSPS) is 12.2. The van der Waals surface area contributed by atoms with Crippen LogP contribution in [0.1, 0.15) is 22.8 Å². The molecule has 1 atom stereocenters. The summed E-state index contributed by atoms with van der Waals surface area (Å²) in [5.41, 5.74) is 2.48. The van der Waals surface area contributed by atoms with E-state index in [9.17, 15) is 5.11 Å². The lowest BCUT2D eigenvalue weighted by molar-refractivity contribution is 0.218. The van der Waals surface area contributed by atoms with Gasteiger partial charge in [0, 0.05) is 24.2 Å². The van der Waals surface area contributed by atoms with Crippen LogP contribution in [0.15, 0.2) is 36.9 Å². The van der Waals surface area contributed by atoms with Gasteiger partial charge in [-0.25, -0.2) is 0 Å². The molecule has 2 rings (SSSR count). The van der Waals surface area contributed by atoms with Gasteiger partial charge in [-0.05, 0) is 30.2 Å². The molecule has 88 valence electrons. The Balaban J connectivity index is 2.37. The highest BCUT2D eigenvalue weighted by Crippen LogP contribution is 2.25. The molecule has 17 heavy (non-hydrogen) atoms. The van der Waals surface area contributed by atoms with Crippen LogP contribution < -0.4 is 4.74 Å². The highest BCUT2D eigenvalue weighted by molar-refractivity contribution is 5.34. The number of hydrogen-bond acceptors (Lipinski definition) is 4. The molecule has 0 fully saturated rings. The zero-order valence-corrected chi connectivity index (χ0v) is 9.79. The van der Waals surface area contributed by atoms with E-state index in [1.54, 1.807) is 44.0 Å². The van der Waals surface area contributed by atoms with Gasteiger partial charge >= 0.3 is 0 Å². The number of aliphatic hydroxyl groups excluding tert-OH is 1. The maximum Gasteiger partial charge on any atom is 0.137 e. The van der Waals surface area contributed by atoms with Gasteiger partial charge < -0.3 is 9.84 Å². The molecule has 0 aliphatic rings. The minimum atomic E-state index is -0.708. The Morgan fingerprint density at radius 1 is 1.24 bits per heavy atom. The predicted molar refractivity (Wildman–Crippen MR) is 63.8 cm³/mol. The largest absolute Gasteiger partial charge is 0.495 e. The van der Waals surface area contributed by atoms with Crippen LogP contribution in [0.2, 0.25) is 0 Å². The third-order valence-corrected chi connectivity index (χ3v) is 2.64. The fourth-order valence-electron chi connectivity index (χ4n) is 1.67. The summed E-state index contributed by atoms with van der Waals surface area (Å²) in [4.78, 5) is 8.03. The maximum absolute atomic E-state index is 10.3. The first-order valence-corrected chi connectivity index (χ1v) is 5.30. The summed E-state index contributed by atoms with van der Waals surface area (Å²) in [6, 6.07) is 3.58. The second kappa shape index (κ2) is 4.93. The molecule has 4 heteroatoms. The highest BCUT2D eigenvalue weighted by Gasteiger charge is 2.13. The van der Waals surface area contributed by atoms with Gasteiger partial charge in [-0.15, -0.1) is 0 Å². The molecule has 0 aromatic carbocycles. The van der Waals surface area contributed by atoms with Crippen LogP contribution in [0, 0.1) is 6.92 Å². The number of pyridine rings is 2. The van der Waals surface area contributed by atoms with Crippen molar-refractivity contribution in [2.45, 2.75) is 13.0 Å². The Morgan fingerprint density at radius 3 is 2.76 bits per heavy atom. The summed E-state index contributed by atoms with van der Waals surface area (Å²) < 4.78 is 5.09. The summed E-state index contributed by atoms with van der Waals surface area (Å²) in [5.74, 6) is 0.633. The fourth-order valence-corrected chi connectivity index (χ4v) is 1.67. The molecule has 0 aliphatic carbocycles. The number of hydrogen-bond donors (Lipinski definition) is 1. The standard InChI is InChI=1S/C13H14N2O2/c1-9-6-14-4-3-12(9)13(16)10-5-11(17-2)8-15-7-10/h3-8,13,16H,1-2H3. The van der Waals surface area contributed by atoms with Gasteiger partial charge in [0.1, 0.15) is 11.9 Å². The van der Waals surface area contributed by atoms with Crippen molar-refractivity contribution in [1.82, 2.24) is 9.97 Å². The van der Waals surface area contributed by atoms with Crippen LogP contribution in [-0.2, 0) is 0 Å². The first kappa shape index (κ1) is 11.5. The Bertz CT molecular complexity index is 514. The molecule has 0 amide bonds. The van der Waals surface area contributed by atoms with Crippen molar-refractivity contribution < 1.29 is 9.84 Å². The molecule has 0 saturated heterocycles. The number of ether oxygens (including phenoxy) is 1. The van der Waals surface area contributed by atoms with Crippen LogP contribution in [0.3, 0.4) is 0 Å². The van der Waals surface area contributed by atoms with E-state index in [0.717, 1.165) is 11.1 Å². The third kappa shape index (κ3) is 2.42. The molecule has 1 unspecified atom stereocenters. The molecule has 0 saturated carbocycles. The maximum atomic E-state index is 10.3. The fraction of sp³-hybridized carbons (Fsp3) is 0.231. The third-order valence-electron chi connectivity index (χ3n) is 2.64. The average molecular weight is 230 g/mol. The summed E-state index contributed by atoms with van der Waals surface area (Å²) in [5, 5.41) is 10.3. The second-order valence-electron chi connectivity index (χ2n) is 3.79. The molecule has 2 aromatic rings. The highest BCUT2D eigenvalue weighted by atomic mass is 16.5. The molecular formula is C13H14N2O2. The Hall–Kier alpha value is -1.94. The first-order chi connectivity index (χ1) is 8.22. The van der Waals surface area contributed by atoms with E-state index in [1.807, 2.05) is 6.92 Å². The second-order valence-corrected chi connectivity index (χ2v) is 3.79. The van der Waals surface area contributed by atoms with Crippen LogP contribution in [0.5, 0.6) is 5.75 Å². The van der Waals surface area contributed by atoms with Crippen molar-refractivity contribution in [3.63, 3.8) is 0 Å². The predicted octanol–water partition coefficient (Wildman–Crippen LogP) is 1.88.